The second-order valence-electron chi connectivity index (χ2n) is 9.56. The third-order valence-electron chi connectivity index (χ3n) is 7.39. The number of likely N-dealkylation sites (tertiary alicyclic amines) is 1. The van der Waals surface area contributed by atoms with Crippen LogP contribution in [-0.4, -0.2) is 54.9 Å². The summed E-state index contributed by atoms with van der Waals surface area (Å²) in [5.74, 6) is 2.59. The summed E-state index contributed by atoms with van der Waals surface area (Å²) in [7, 11) is 2.11. The number of piperidine rings is 1. The molecule has 2 atom stereocenters. The van der Waals surface area contributed by atoms with E-state index in [4.69, 9.17) is 4.74 Å². The van der Waals surface area contributed by atoms with Gasteiger partial charge in [-0.05, 0) is 81.4 Å². The number of hydrogen-bond acceptors (Lipinski definition) is 4. The van der Waals surface area contributed by atoms with Crippen LogP contribution in [0, 0.1) is 5.92 Å². The van der Waals surface area contributed by atoms with E-state index in [1.807, 2.05) is 0 Å². The number of rotatable bonds is 10. The van der Waals surface area contributed by atoms with Gasteiger partial charge in [-0.25, -0.2) is 0 Å². The average Bonchev–Trinajstić information content (AvgIpc) is 2.77. The number of Topliss-reactive ketones (excluding diaryl/α,β-unsaturated/α-hetero) is 1. The molecule has 0 N–H and O–H groups in total. The number of nitrogens with zero attached hydrogens (tertiary/aromatic N) is 2. The van der Waals surface area contributed by atoms with Crippen LogP contribution in [-0.2, 0) is 11.2 Å². The molecule has 1 aromatic rings. The molecule has 0 bridgehead atoms. The fourth-order valence-corrected chi connectivity index (χ4v) is 5.30. The Morgan fingerprint density at radius 3 is 2.56 bits per heavy atom. The quantitative estimate of drug-likeness (QED) is 0.468. The Morgan fingerprint density at radius 2 is 1.91 bits per heavy atom. The molecular weight excluding hydrogens is 396 g/mol. The van der Waals surface area contributed by atoms with Crippen LogP contribution in [0.4, 0.5) is 0 Å². The lowest BCUT2D eigenvalue weighted by molar-refractivity contribution is -0.128. The largest absolute Gasteiger partial charge is 0.457 e. The summed E-state index contributed by atoms with van der Waals surface area (Å²) in [6, 6.07) is 6.75. The number of aryl methyl sites for hydroxylation is 1. The average molecular weight is 439 g/mol. The molecule has 0 aliphatic carbocycles. The lowest BCUT2D eigenvalue weighted by atomic mass is 9.86. The predicted molar refractivity (Wildman–Crippen MR) is 134 cm³/mol. The first-order valence-corrected chi connectivity index (χ1v) is 12.5. The zero-order valence-electron chi connectivity index (χ0n) is 20.9. The summed E-state index contributed by atoms with van der Waals surface area (Å²) in [6.07, 6.45) is 5.76. The number of carbonyl (C=O) groups excluding carboxylic acids is 1. The van der Waals surface area contributed by atoms with Crippen LogP contribution in [0.5, 0.6) is 5.75 Å². The second kappa shape index (κ2) is 11.3. The molecule has 4 heteroatoms. The van der Waals surface area contributed by atoms with Crippen molar-refractivity contribution in [3.63, 3.8) is 0 Å². The minimum absolute atomic E-state index is 0.130. The van der Waals surface area contributed by atoms with Crippen molar-refractivity contribution in [2.24, 2.45) is 5.92 Å². The van der Waals surface area contributed by atoms with E-state index in [9.17, 15) is 4.79 Å². The number of fused-ring (bicyclic) bond motifs is 1. The fourth-order valence-electron chi connectivity index (χ4n) is 5.30. The van der Waals surface area contributed by atoms with Gasteiger partial charge in [-0.3, -0.25) is 9.69 Å². The van der Waals surface area contributed by atoms with E-state index in [-0.39, 0.29) is 6.04 Å². The van der Waals surface area contributed by atoms with Gasteiger partial charge in [-0.2, -0.15) is 0 Å². The smallest absolute Gasteiger partial charge is 0.150 e. The highest BCUT2D eigenvalue weighted by Crippen LogP contribution is 2.39. The Morgan fingerprint density at radius 1 is 1.16 bits per heavy atom. The molecule has 1 aromatic carbocycles. The lowest BCUT2D eigenvalue weighted by Crippen LogP contribution is -2.47. The first-order valence-electron chi connectivity index (χ1n) is 12.5. The Hall–Kier alpha value is -1.91. The summed E-state index contributed by atoms with van der Waals surface area (Å²) in [5.41, 5.74) is 4.99. The van der Waals surface area contributed by atoms with Crippen molar-refractivity contribution in [3.8, 4) is 5.75 Å². The first-order chi connectivity index (χ1) is 15.4. The Balaban J connectivity index is 1.64. The molecule has 2 aliphatic rings. The number of benzene rings is 1. The highest BCUT2D eigenvalue weighted by Gasteiger charge is 2.31. The zero-order valence-corrected chi connectivity index (χ0v) is 20.9. The van der Waals surface area contributed by atoms with Gasteiger partial charge in [0.15, 0.2) is 0 Å². The molecular formula is C28H42N2O2. The molecule has 176 valence electrons. The highest BCUT2D eigenvalue weighted by molar-refractivity contribution is 5.85. The normalized spacial score (nSPS) is 21.8. The standard InChI is InChI=1S/C28H42N2O2/c1-7-10-26-27(31)17-23(19-29(26)6)12-11-22-13-14-25-20(4)24(15-16-30(8-2)9-3)21(5)32-28(25)18-22/h13-14,18,23,26H,5,7-12,15-17,19H2,1-4,6H3. The van der Waals surface area contributed by atoms with E-state index in [1.54, 1.807) is 0 Å². The van der Waals surface area contributed by atoms with E-state index in [0.29, 0.717) is 11.7 Å². The number of ether oxygens (including phenoxy) is 1. The lowest BCUT2D eigenvalue weighted by Gasteiger charge is -2.36. The molecule has 1 saturated heterocycles. The maximum Gasteiger partial charge on any atom is 0.150 e. The maximum atomic E-state index is 12.6. The van der Waals surface area contributed by atoms with Gasteiger partial charge >= 0.3 is 0 Å². The van der Waals surface area contributed by atoms with Gasteiger partial charge in [0.25, 0.3) is 0 Å². The molecule has 0 radical (unpaired) electrons. The summed E-state index contributed by atoms with van der Waals surface area (Å²) in [4.78, 5) is 17.3. The molecule has 4 nitrogen and oxygen atoms in total. The second-order valence-corrected chi connectivity index (χ2v) is 9.56. The first kappa shape index (κ1) is 24.7. The number of allylic oxidation sites excluding steroid dienone is 2. The van der Waals surface area contributed by atoms with Crippen molar-refractivity contribution >= 4 is 11.4 Å². The highest BCUT2D eigenvalue weighted by atomic mass is 16.5. The molecule has 1 fully saturated rings. The van der Waals surface area contributed by atoms with Crippen molar-refractivity contribution < 1.29 is 9.53 Å². The van der Waals surface area contributed by atoms with E-state index in [0.717, 1.165) is 76.2 Å². The van der Waals surface area contributed by atoms with E-state index >= 15 is 0 Å². The zero-order chi connectivity index (χ0) is 23.3. The van der Waals surface area contributed by atoms with Crippen LogP contribution >= 0.6 is 0 Å². The molecule has 2 aliphatic heterocycles. The molecule has 0 spiro atoms. The van der Waals surface area contributed by atoms with Crippen LogP contribution in [0.25, 0.3) is 5.57 Å². The number of carbonyl (C=O) groups is 1. The third-order valence-corrected chi connectivity index (χ3v) is 7.39. The molecule has 2 heterocycles. The molecule has 32 heavy (non-hydrogen) atoms. The Kier molecular flexibility index (Phi) is 8.72. The number of likely N-dealkylation sites (N-methyl/N-ethyl adjacent to an activating group) is 1. The molecule has 2 unspecified atom stereocenters. The van der Waals surface area contributed by atoms with Gasteiger partial charge in [-0.1, -0.05) is 45.9 Å². The minimum atomic E-state index is 0.130. The molecule has 0 amide bonds. The Labute approximate surface area is 195 Å². The van der Waals surface area contributed by atoms with Gasteiger partial charge in [0.05, 0.1) is 6.04 Å². The predicted octanol–water partition coefficient (Wildman–Crippen LogP) is 5.72. The maximum absolute atomic E-state index is 12.6. The Bertz CT molecular complexity index is 853. The summed E-state index contributed by atoms with van der Waals surface area (Å²) >= 11 is 0. The van der Waals surface area contributed by atoms with Crippen LogP contribution in [0.1, 0.15) is 70.9 Å². The monoisotopic (exact) mass is 438 g/mol. The van der Waals surface area contributed by atoms with E-state index in [1.165, 1.54) is 22.3 Å². The van der Waals surface area contributed by atoms with Gasteiger partial charge < -0.3 is 9.64 Å². The van der Waals surface area contributed by atoms with Crippen LogP contribution in [0.15, 0.2) is 36.1 Å². The van der Waals surface area contributed by atoms with Gasteiger partial charge in [0.1, 0.15) is 17.3 Å². The van der Waals surface area contributed by atoms with Crippen LogP contribution in [0.2, 0.25) is 0 Å². The van der Waals surface area contributed by atoms with E-state index < -0.39 is 0 Å². The fraction of sp³-hybridized carbons (Fsp3) is 0.607. The van der Waals surface area contributed by atoms with Crippen molar-refractivity contribution in [3.05, 3.63) is 47.2 Å². The number of ketones is 1. The number of hydrogen-bond donors (Lipinski definition) is 0. The van der Waals surface area contributed by atoms with Crippen LogP contribution in [0.3, 0.4) is 0 Å². The van der Waals surface area contributed by atoms with Gasteiger partial charge in [0, 0.05) is 25.1 Å². The van der Waals surface area contributed by atoms with Crippen molar-refractivity contribution in [2.45, 2.75) is 72.3 Å². The van der Waals surface area contributed by atoms with Crippen molar-refractivity contribution in [2.75, 3.05) is 33.2 Å². The van der Waals surface area contributed by atoms with Crippen molar-refractivity contribution in [1.29, 1.82) is 0 Å². The molecule has 3 rings (SSSR count). The van der Waals surface area contributed by atoms with Gasteiger partial charge in [-0.15, -0.1) is 0 Å². The van der Waals surface area contributed by atoms with Crippen molar-refractivity contribution in [1.82, 2.24) is 9.80 Å². The topological polar surface area (TPSA) is 32.8 Å². The van der Waals surface area contributed by atoms with E-state index in [2.05, 4.69) is 69.3 Å². The SMILES string of the molecule is C=C1Oc2cc(CCC3CC(=O)C(CCC)N(C)C3)ccc2C(C)=C1CCN(CC)CC. The summed E-state index contributed by atoms with van der Waals surface area (Å²) < 4.78 is 6.19. The van der Waals surface area contributed by atoms with Gasteiger partial charge in [0.2, 0.25) is 0 Å². The summed E-state index contributed by atoms with van der Waals surface area (Å²) in [5, 5.41) is 0. The summed E-state index contributed by atoms with van der Waals surface area (Å²) in [6.45, 7) is 17.2. The minimum Gasteiger partial charge on any atom is -0.457 e. The third kappa shape index (κ3) is 5.71. The van der Waals surface area contributed by atoms with Crippen LogP contribution < -0.4 is 4.74 Å². The molecule has 0 saturated carbocycles. The molecule has 0 aromatic heterocycles.